The fraction of sp³-hybridized carbons (Fsp3) is 0.476. The minimum atomic E-state index is -0.881. The predicted octanol–water partition coefficient (Wildman–Crippen LogP) is 3.96. The normalized spacial score (nSPS) is 16.0. The first-order chi connectivity index (χ1) is 12.9. The second-order valence-corrected chi connectivity index (χ2v) is 8.52. The molecule has 0 saturated heterocycles. The molecule has 0 aliphatic heterocycles. The molecule has 1 aliphatic carbocycles. The number of nitrogens with one attached hydrogen (secondary N) is 1. The Hall–Kier alpha value is -2.21. The molecule has 6 heteroatoms. The summed E-state index contributed by atoms with van der Waals surface area (Å²) in [4.78, 5) is 30.7. The fourth-order valence-electron chi connectivity index (χ4n) is 3.71. The average Bonchev–Trinajstić information content (AvgIpc) is 3.02. The maximum atomic E-state index is 12.8. The Balaban J connectivity index is 1.79. The number of amides is 1. The Kier molecular flexibility index (Phi) is 5.95. The van der Waals surface area contributed by atoms with Crippen molar-refractivity contribution in [2.24, 2.45) is 0 Å². The van der Waals surface area contributed by atoms with Gasteiger partial charge in [-0.15, -0.1) is 11.3 Å². The summed E-state index contributed by atoms with van der Waals surface area (Å²) in [5, 5.41) is 3.92. The van der Waals surface area contributed by atoms with Crippen LogP contribution in [-0.4, -0.2) is 29.5 Å². The molecule has 0 atom stereocenters. The summed E-state index contributed by atoms with van der Waals surface area (Å²) in [6.45, 7) is 3.99. The van der Waals surface area contributed by atoms with Crippen LogP contribution in [0.1, 0.15) is 47.6 Å². The molecule has 0 radical (unpaired) electrons. The second kappa shape index (κ2) is 8.21. The molecule has 5 nitrogen and oxygen atoms in total. The van der Waals surface area contributed by atoms with Crippen LogP contribution in [0.5, 0.6) is 0 Å². The van der Waals surface area contributed by atoms with Gasteiger partial charge in [0.1, 0.15) is 5.54 Å². The van der Waals surface area contributed by atoms with E-state index in [1.807, 2.05) is 38.1 Å². The quantitative estimate of drug-likeness (QED) is 0.790. The first kappa shape index (κ1) is 19.5. The highest BCUT2D eigenvalue weighted by molar-refractivity contribution is 7.12. The summed E-state index contributed by atoms with van der Waals surface area (Å²) in [7, 11) is 1.38. The molecule has 1 fully saturated rings. The first-order valence-electron chi connectivity index (χ1n) is 9.36. The molecular formula is C21H26N2O3S. The zero-order valence-electron chi connectivity index (χ0n) is 16.1. The summed E-state index contributed by atoms with van der Waals surface area (Å²) < 4.78 is 4.99. The Morgan fingerprint density at radius 1 is 1.15 bits per heavy atom. The molecule has 0 bridgehead atoms. The number of carbonyl (C=O) groups excluding carboxylic acids is 2. The van der Waals surface area contributed by atoms with Crippen LogP contribution in [0, 0.1) is 13.8 Å². The molecule has 1 saturated carbocycles. The summed E-state index contributed by atoms with van der Waals surface area (Å²) in [5.41, 5.74) is 2.16. The summed E-state index contributed by atoms with van der Waals surface area (Å²) >= 11 is 1.53. The van der Waals surface area contributed by atoms with E-state index in [2.05, 4.69) is 10.3 Å². The van der Waals surface area contributed by atoms with E-state index in [0.29, 0.717) is 12.8 Å². The Morgan fingerprint density at radius 3 is 2.44 bits per heavy atom. The van der Waals surface area contributed by atoms with Crippen molar-refractivity contribution in [1.29, 1.82) is 0 Å². The molecule has 0 spiro atoms. The van der Waals surface area contributed by atoms with Gasteiger partial charge < -0.3 is 10.1 Å². The molecule has 0 unspecified atom stereocenters. The zero-order valence-corrected chi connectivity index (χ0v) is 16.9. The fourth-order valence-corrected chi connectivity index (χ4v) is 4.67. The number of nitrogens with zero attached hydrogens (tertiary/aromatic N) is 1. The van der Waals surface area contributed by atoms with Crippen molar-refractivity contribution in [3.05, 3.63) is 39.7 Å². The zero-order chi connectivity index (χ0) is 19.4. The Morgan fingerprint density at radius 2 is 1.81 bits per heavy atom. The number of aromatic nitrogens is 1. The largest absolute Gasteiger partial charge is 0.467 e. The van der Waals surface area contributed by atoms with Crippen LogP contribution in [-0.2, 0) is 20.7 Å². The molecule has 1 aliphatic rings. The molecule has 2 aromatic rings. The lowest BCUT2D eigenvalue weighted by Crippen LogP contribution is -2.56. The number of benzene rings is 1. The topological polar surface area (TPSA) is 68.3 Å². The molecule has 1 aromatic heterocycles. The monoisotopic (exact) mass is 386 g/mol. The van der Waals surface area contributed by atoms with Crippen LogP contribution in [0.2, 0.25) is 0 Å². The molecule has 1 amide bonds. The van der Waals surface area contributed by atoms with Crippen molar-refractivity contribution in [2.45, 2.75) is 57.9 Å². The van der Waals surface area contributed by atoms with Crippen LogP contribution < -0.4 is 5.32 Å². The number of thiazole rings is 1. The standard InChI is InChI=1S/C21H26N2O3S/c1-14-7-9-16(10-8-14)19-17(27-15(2)22-19)13-18(24)23-21(20(25)26-3)11-5-4-6-12-21/h7-10H,4-6,11-13H2,1-3H3,(H,23,24). The summed E-state index contributed by atoms with van der Waals surface area (Å²) in [6.07, 6.45) is 4.41. The molecule has 1 aromatic carbocycles. The van der Waals surface area contributed by atoms with Crippen LogP contribution in [0.25, 0.3) is 11.3 Å². The highest BCUT2D eigenvalue weighted by Crippen LogP contribution is 2.31. The molecule has 1 N–H and O–H groups in total. The lowest BCUT2D eigenvalue weighted by atomic mass is 9.81. The van der Waals surface area contributed by atoms with Crippen LogP contribution in [0.15, 0.2) is 24.3 Å². The maximum absolute atomic E-state index is 12.8. The van der Waals surface area contributed by atoms with E-state index in [1.54, 1.807) is 0 Å². The summed E-state index contributed by atoms with van der Waals surface area (Å²) in [5.74, 6) is -0.492. The highest BCUT2D eigenvalue weighted by atomic mass is 32.1. The van der Waals surface area contributed by atoms with Gasteiger partial charge in [-0.2, -0.15) is 0 Å². The van der Waals surface area contributed by atoms with Gasteiger partial charge in [0.15, 0.2) is 0 Å². The molecular weight excluding hydrogens is 360 g/mol. The minimum Gasteiger partial charge on any atom is -0.467 e. The van der Waals surface area contributed by atoms with Gasteiger partial charge in [0.25, 0.3) is 0 Å². The van der Waals surface area contributed by atoms with Crippen LogP contribution >= 0.6 is 11.3 Å². The van der Waals surface area contributed by atoms with Gasteiger partial charge in [-0.25, -0.2) is 9.78 Å². The third-order valence-electron chi connectivity index (χ3n) is 5.11. The van der Waals surface area contributed by atoms with Gasteiger partial charge in [0.05, 0.1) is 24.2 Å². The van der Waals surface area contributed by atoms with E-state index in [1.165, 1.54) is 24.0 Å². The first-order valence-corrected chi connectivity index (χ1v) is 10.2. The number of hydrogen-bond donors (Lipinski definition) is 1. The highest BCUT2D eigenvalue weighted by Gasteiger charge is 2.42. The van der Waals surface area contributed by atoms with Gasteiger partial charge >= 0.3 is 5.97 Å². The number of ether oxygens (including phenoxy) is 1. The second-order valence-electron chi connectivity index (χ2n) is 7.23. The number of rotatable bonds is 5. The van der Waals surface area contributed by atoms with Gasteiger partial charge in [-0.1, -0.05) is 49.1 Å². The van der Waals surface area contributed by atoms with E-state index >= 15 is 0 Å². The maximum Gasteiger partial charge on any atom is 0.331 e. The molecule has 1 heterocycles. The van der Waals surface area contributed by atoms with Gasteiger partial charge in [-0.3, -0.25) is 4.79 Å². The van der Waals surface area contributed by atoms with Crippen LogP contribution in [0.3, 0.4) is 0 Å². The van der Waals surface area contributed by atoms with E-state index in [-0.39, 0.29) is 18.3 Å². The van der Waals surface area contributed by atoms with Crippen LogP contribution in [0.4, 0.5) is 0 Å². The number of methoxy groups -OCH3 is 1. The predicted molar refractivity (Wildman–Crippen MR) is 107 cm³/mol. The van der Waals surface area contributed by atoms with Crippen molar-refractivity contribution >= 4 is 23.2 Å². The number of hydrogen-bond acceptors (Lipinski definition) is 5. The van der Waals surface area contributed by atoms with Gasteiger partial charge in [0.2, 0.25) is 5.91 Å². The number of esters is 1. The molecule has 27 heavy (non-hydrogen) atoms. The number of aryl methyl sites for hydroxylation is 2. The molecule has 144 valence electrons. The lowest BCUT2D eigenvalue weighted by molar-refractivity contribution is -0.152. The third-order valence-corrected chi connectivity index (χ3v) is 6.08. The van der Waals surface area contributed by atoms with Gasteiger partial charge in [0, 0.05) is 10.4 Å². The third kappa shape index (κ3) is 4.38. The van der Waals surface area contributed by atoms with E-state index in [9.17, 15) is 9.59 Å². The van der Waals surface area contributed by atoms with Crippen molar-refractivity contribution in [3.63, 3.8) is 0 Å². The van der Waals surface area contributed by atoms with Crippen molar-refractivity contribution in [2.75, 3.05) is 7.11 Å². The Bertz CT molecular complexity index is 820. The average molecular weight is 387 g/mol. The smallest absolute Gasteiger partial charge is 0.331 e. The van der Waals surface area contributed by atoms with Gasteiger partial charge in [-0.05, 0) is 26.7 Å². The lowest BCUT2D eigenvalue weighted by Gasteiger charge is -2.35. The summed E-state index contributed by atoms with van der Waals surface area (Å²) in [6, 6.07) is 8.15. The van der Waals surface area contributed by atoms with Crippen molar-refractivity contribution < 1.29 is 14.3 Å². The minimum absolute atomic E-state index is 0.153. The molecule has 3 rings (SSSR count). The van der Waals surface area contributed by atoms with E-state index in [0.717, 1.165) is 40.4 Å². The SMILES string of the molecule is COC(=O)C1(NC(=O)Cc2sc(C)nc2-c2ccc(C)cc2)CCCCC1. The van der Waals surface area contributed by atoms with Crippen molar-refractivity contribution in [3.8, 4) is 11.3 Å². The van der Waals surface area contributed by atoms with Crippen molar-refractivity contribution in [1.82, 2.24) is 10.3 Å². The van der Waals surface area contributed by atoms with E-state index < -0.39 is 5.54 Å². The Labute approximate surface area is 164 Å². The number of carbonyl (C=O) groups is 2. The van der Waals surface area contributed by atoms with E-state index in [4.69, 9.17) is 4.74 Å².